The molecule has 44 heavy (non-hydrogen) atoms. The van der Waals surface area contributed by atoms with E-state index >= 15 is 0 Å². The van der Waals surface area contributed by atoms with E-state index in [4.69, 9.17) is 11.6 Å². The molecule has 7 nitrogen and oxygen atoms in total. The quantitative estimate of drug-likeness (QED) is 0.167. The number of nitrogens with one attached hydrogen (secondary N) is 1. The highest BCUT2D eigenvalue weighted by atomic mass is 79.9. The molecule has 0 bridgehead atoms. The first-order valence-corrected chi connectivity index (χ1v) is 16.9. The Morgan fingerprint density at radius 2 is 1.50 bits per heavy atom. The van der Waals surface area contributed by atoms with E-state index in [1.807, 2.05) is 61.5 Å². The van der Waals surface area contributed by atoms with Gasteiger partial charge in [-0.2, -0.15) is 0 Å². The molecule has 0 aromatic heterocycles. The zero-order valence-electron chi connectivity index (χ0n) is 24.6. The molecule has 230 valence electrons. The van der Waals surface area contributed by atoms with Crippen molar-refractivity contribution in [2.75, 3.05) is 17.4 Å². The van der Waals surface area contributed by atoms with E-state index < -0.39 is 28.5 Å². The second kappa shape index (κ2) is 15.4. The number of hydrogen-bond acceptors (Lipinski definition) is 4. The van der Waals surface area contributed by atoms with Crippen molar-refractivity contribution in [2.24, 2.45) is 0 Å². The van der Waals surface area contributed by atoms with Crippen LogP contribution in [-0.2, 0) is 32.6 Å². The molecule has 0 saturated heterocycles. The summed E-state index contributed by atoms with van der Waals surface area (Å²) in [5, 5.41) is 3.32. The summed E-state index contributed by atoms with van der Waals surface area (Å²) in [7, 11) is -4.20. The van der Waals surface area contributed by atoms with Crippen molar-refractivity contribution in [1.29, 1.82) is 0 Å². The third-order valence-corrected chi connectivity index (χ3v) is 9.92. The van der Waals surface area contributed by atoms with Gasteiger partial charge in [0.1, 0.15) is 12.6 Å². The summed E-state index contributed by atoms with van der Waals surface area (Å²) in [4.78, 5) is 29.7. The number of benzene rings is 4. The molecule has 0 heterocycles. The minimum atomic E-state index is -4.20. The summed E-state index contributed by atoms with van der Waals surface area (Å²) in [6.07, 6.45) is 0.974. The van der Waals surface area contributed by atoms with E-state index in [0.717, 1.165) is 26.3 Å². The lowest BCUT2D eigenvalue weighted by atomic mass is 10.0. The van der Waals surface area contributed by atoms with Gasteiger partial charge in [-0.15, -0.1) is 0 Å². The Morgan fingerprint density at radius 3 is 2.14 bits per heavy atom. The van der Waals surface area contributed by atoms with Gasteiger partial charge in [-0.05, 0) is 66.4 Å². The van der Waals surface area contributed by atoms with Gasteiger partial charge in [-0.25, -0.2) is 8.42 Å². The zero-order chi connectivity index (χ0) is 31.7. The average molecular weight is 697 g/mol. The van der Waals surface area contributed by atoms with Crippen LogP contribution in [0.25, 0.3) is 0 Å². The van der Waals surface area contributed by atoms with Crippen LogP contribution in [0.1, 0.15) is 30.0 Å². The topological polar surface area (TPSA) is 86.8 Å². The molecule has 0 aliphatic heterocycles. The highest BCUT2D eigenvalue weighted by molar-refractivity contribution is 9.10. The van der Waals surface area contributed by atoms with E-state index in [1.54, 1.807) is 43.3 Å². The number of anilines is 1. The van der Waals surface area contributed by atoms with Crippen LogP contribution in [0.4, 0.5) is 5.69 Å². The van der Waals surface area contributed by atoms with Crippen LogP contribution in [0.2, 0.25) is 5.02 Å². The van der Waals surface area contributed by atoms with Crippen molar-refractivity contribution < 1.29 is 18.0 Å². The monoisotopic (exact) mass is 695 g/mol. The van der Waals surface area contributed by atoms with Crippen molar-refractivity contribution in [2.45, 2.75) is 44.2 Å². The molecule has 0 fully saturated rings. The fourth-order valence-electron chi connectivity index (χ4n) is 4.81. The lowest BCUT2D eigenvalue weighted by Crippen LogP contribution is -2.53. The van der Waals surface area contributed by atoms with Crippen LogP contribution in [0.3, 0.4) is 0 Å². The standard InChI is InChI=1S/C34H35BrClN3O4S/c1-3-21-37-34(41)32(22-26-11-6-4-7-12-26)38(23-27-17-19-28(35)20-18-27)33(40)24-39(31-16-10-15-30(36)25(31)2)44(42,43)29-13-8-5-9-14-29/h4-20,32H,3,21-24H2,1-2H3,(H,37,41)/t32-/m0/s1. The first-order valence-electron chi connectivity index (χ1n) is 14.3. The Kier molecular flexibility index (Phi) is 11.6. The Morgan fingerprint density at radius 1 is 0.864 bits per heavy atom. The molecule has 0 aliphatic carbocycles. The van der Waals surface area contributed by atoms with Gasteiger partial charge in [0.25, 0.3) is 10.0 Å². The molecule has 0 radical (unpaired) electrons. The number of nitrogens with zero attached hydrogens (tertiary/aromatic N) is 2. The van der Waals surface area contributed by atoms with Crippen LogP contribution >= 0.6 is 27.5 Å². The summed E-state index contributed by atoms with van der Waals surface area (Å²) in [5.74, 6) is -0.836. The van der Waals surface area contributed by atoms with Crippen molar-refractivity contribution in [3.8, 4) is 0 Å². The molecule has 4 aromatic rings. The molecule has 0 spiro atoms. The van der Waals surface area contributed by atoms with Gasteiger partial charge in [-0.3, -0.25) is 13.9 Å². The maximum Gasteiger partial charge on any atom is 0.264 e. The predicted molar refractivity (Wildman–Crippen MR) is 179 cm³/mol. The largest absolute Gasteiger partial charge is 0.354 e. The lowest BCUT2D eigenvalue weighted by molar-refractivity contribution is -0.140. The van der Waals surface area contributed by atoms with Gasteiger partial charge in [0.05, 0.1) is 10.6 Å². The van der Waals surface area contributed by atoms with Crippen LogP contribution in [0, 0.1) is 6.92 Å². The maximum atomic E-state index is 14.5. The number of sulfonamides is 1. The molecular formula is C34H35BrClN3O4S. The molecule has 10 heteroatoms. The second-order valence-electron chi connectivity index (χ2n) is 10.4. The van der Waals surface area contributed by atoms with Gasteiger partial charge in [0, 0.05) is 29.0 Å². The van der Waals surface area contributed by atoms with E-state index in [-0.39, 0.29) is 29.5 Å². The first-order chi connectivity index (χ1) is 21.1. The molecule has 1 N–H and O–H groups in total. The van der Waals surface area contributed by atoms with E-state index in [0.29, 0.717) is 17.1 Å². The SMILES string of the molecule is CCCNC(=O)[C@H](Cc1ccccc1)N(Cc1ccc(Br)cc1)C(=O)CN(c1cccc(Cl)c1C)S(=O)(=O)c1ccccc1. The number of carbonyl (C=O) groups excluding carboxylic acids is 2. The van der Waals surface area contributed by atoms with Gasteiger partial charge in [0.2, 0.25) is 11.8 Å². The molecule has 2 amide bonds. The number of carbonyl (C=O) groups is 2. The van der Waals surface area contributed by atoms with Gasteiger partial charge >= 0.3 is 0 Å². The zero-order valence-corrected chi connectivity index (χ0v) is 27.8. The molecule has 4 rings (SSSR count). The minimum absolute atomic E-state index is 0.0353. The number of rotatable bonds is 13. The highest BCUT2D eigenvalue weighted by Gasteiger charge is 2.35. The summed E-state index contributed by atoms with van der Waals surface area (Å²) in [6, 6.07) is 28.9. The Hall–Kier alpha value is -3.66. The Bertz CT molecular complexity index is 1670. The normalized spacial score (nSPS) is 11.9. The minimum Gasteiger partial charge on any atom is -0.354 e. The van der Waals surface area contributed by atoms with Crippen LogP contribution in [0.15, 0.2) is 112 Å². The molecule has 4 aromatic carbocycles. The van der Waals surface area contributed by atoms with Gasteiger partial charge in [-0.1, -0.05) is 101 Å². The second-order valence-corrected chi connectivity index (χ2v) is 13.5. The summed E-state index contributed by atoms with van der Waals surface area (Å²) in [6.45, 7) is 3.67. The summed E-state index contributed by atoms with van der Waals surface area (Å²) >= 11 is 9.88. The Labute approximate surface area is 273 Å². The third kappa shape index (κ3) is 8.28. The average Bonchev–Trinajstić information content (AvgIpc) is 3.03. The highest BCUT2D eigenvalue weighted by Crippen LogP contribution is 2.31. The van der Waals surface area contributed by atoms with Gasteiger partial charge in [0.15, 0.2) is 0 Å². The lowest BCUT2D eigenvalue weighted by Gasteiger charge is -2.34. The van der Waals surface area contributed by atoms with Crippen molar-refractivity contribution in [3.05, 3.63) is 129 Å². The fourth-order valence-corrected chi connectivity index (χ4v) is 6.73. The van der Waals surface area contributed by atoms with E-state index in [1.165, 1.54) is 17.0 Å². The number of halogens is 2. The van der Waals surface area contributed by atoms with E-state index in [2.05, 4.69) is 21.2 Å². The maximum absolute atomic E-state index is 14.5. The first kappa shape index (κ1) is 33.2. The predicted octanol–water partition coefficient (Wildman–Crippen LogP) is 6.77. The smallest absolute Gasteiger partial charge is 0.264 e. The van der Waals surface area contributed by atoms with Crippen molar-refractivity contribution in [1.82, 2.24) is 10.2 Å². The summed E-state index contributed by atoms with van der Waals surface area (Å²) in [5.41, 5.74) is 2.47. The molecule has 1 atom stereocenters. The molecule has 0 aliphatic rings. The molecular weight excluding hydrogens is 662 g/mol. The van der Waals surface area contributed by atoms with Crippen LogP contribution in [0.5, 0.6) is 0 Å². The van der Waals surface area contributed by atoms with Crippen LogP contribution in [-0.4, -0.2) is 44.3 Å². The number of hydrogen-bond donors (Lipinski definition) is 1. The van der Waals surface area contributed by atoms with E-state index in [9.17, 15) is 18.0 Å². The summed E-state index contributed by atoms with van der Waals surface area (Å²) < 4.78 is 30.2. The van der Waals surface area contributed by atoms with Crippen molar-refractivity contribution >= 4 is 55.1 Å². The molecule has 0 saturated carbocycles. The Balaban J connectivity index is 1.81. The third-order valence-electron chi connectivity index (χ3n) is 7.20. The number of amides is 2. The van der Waals surface area contributed by atoms with Crippen molar-refractivity contribution in [3.63, 3.8) is 0 Å². The van der Waals surface area contributed by atoms with Crippen LogP contribution < -0.4 is 9.62 Å². The molecule has 0 unspecified atom stereocenters. The fraction of sp³-hybridized carbons (Fsp3) is 0.235. The van der Waals surface area contributed by atoms with Gasteiger partial charge < -0.3 is 10.2 Å².